The molecule has 1 nitrogen and oxygen atoms in total. The molecule has 0 amide bonds. The zero-order chi connectivity index (χ0) is 8.43. The molecule has 1 atom stereocenters. The molecule has 0 saturated heterocycles. The lowest BCUT2D eigenvalue weighted by atomic mass is 10.1. The van der Waals surface area contributed by atoms with E-state index >= 15 is 0 Å². The van der Waals surface area contributed by atoms with Crippen LogP contribution < -0.4 is 5.73 Å². The molecule has 1 aromatic carbocycles. The number of halogens is 3. The van der Waals surface area contributed by atoms with E-state index in [0.29, 0.717) is 0 Å². The average molecular weight is 194 g/mol. The summed E-state index contributed by atoms with van der Waals surface area (Å²) in [6, 6.07) is 3.11. The van der Waals surface area contributed by atoms with Gasteiger partial charge in [-0.25, -0.2) is 8.78 Å². The number of hydrogen-bond donors (Lipinski definition) is 1. The maximum Gasteiger partial charge on any atom is 0.130 e. The van der Waals surface area contributed by atoms with E-state index in [1.54, 1.807) is 6.92 Å². The summed E-state index contributed by atoms with van der Waals surface area (Å²) in [4.78, 5) is 0. The lowest BCUT2D eigenvalue weighted by Crippen LogP contribution is -2.09. The summed E-state index contributed by atoms with van der Waals surface area (Å²) in [5.41, 5.74) is 5.29. The van der Waals surface area contributed by atoms with Crippen LogP contribution in [0.15, 0.2) is 18.2 Å². The molecule has 0 heterocycles. The third-order valence-corrected chi connectivity index (χ3v) is 1.46. The van der Waals surface area contributed by atoms with Crippen LogP contribution >= 0.6 is 12.4 Å². The van der Waals surface area contributed by atoms with E-state index in [-0.39, 0.29) is 18.0 Å². The Labute approximate surface area is 76.0 Å². The van der Waals surface area contributed by atoms with Gasteiger partial charge in [0, 0.05) is 11.6 Å². The monoisotopic (exact) mass is 193 g/mol. The van der Waals surface area contributed by atoms with Gasteiger partial charge in [0.2, 0.25) is 0 Å². The highest BCUT2D eigenvalue weighted by Crippen LogP contribution is 2.17. The molecule has 1 rings (SSSR count). The Bertz CT molecular complexity index is 243. The lowest BCUT2D eigenvalue weighted by molar-refractivity contribution is 0.537. The molecular weight excluding hydrogens is 184 g/mol. The maximum atomic E-state index is 12.8. The van der Waals surface area contributed by atoms with Crippen molar-refractivity contribution in [2.75, 3.05) is 0 Å². The first-order valence-electron chi connectivity index (χ1n) is 3.32. The number of benzene rings is 1. The first kappa shape index (κ1) is 11.3. The molecule has 0 aliphatic carbocycles. The Kier molecular flexibility index (Phi) is 4.13. The number of nitrogens with two attached hydrogens (primary N) is 1. The Hall–Kier alpha value is -0.670. The SMILES string of the molecule is CC(N)c1c(F)cccc1F.Cl. The summed E-state index contributed by atoms with van der Waals surface area (Å²) in [5, 5.41) is 0. The van der Waals surface area contributed by atoms with E-state index in [1.807, 2.05) is 0 Å². The van der Waals surface area contributed by atoms with Gasteiger partial charge in [0.1, 0.15) is 11.6 Å². The zero-order valence-corrected chi connectivity index (χ0v) is 7.37. The van der Waals surface area contributed by atoms with Crippen molar-refractivity contribution in [2.24, 2.45) is 5.73 Å². The first-order valence-corrected chi connectivity index (χ1v) is 3.32. The predicted octanol–water partition coefficient (Wildman–Crippen LogP) is 2.41. The summed E-state index contributed by atoms with van der Waals surface area (Å²) in [6.45, 7) is 1.54. The van der Waals surface area contributed by atoms with Crippen molar-refractivity contribution < 1.29 is 8.78 Å². The van der Waals surface area contributed by atoms with Crippen LogP contribution in [0.3, 0.4) is 0 Å². The van der Waals surface area contributed by atoms with Gasteiger partial charge in [-0.1, -0.05) is 6.07 Å². The molecule has 2 N–H and O–H groups in total. The molecule has 0 saturated carbocycles. The zero-order valence-electron chi connectivity index (χ0n) is 6.55. The van der Waals surface area contributed by atoms with Crippen LogP contribution in [0.5, 0.6) is 0 Å². The van der Waals surface area contributed by atoms with Crippen molar-refractivity contribution in [1.29, 1.82) is 0 Å². The van der Waals surface area contributed by atoms with Crippen molar-refractivity contribution in [3.8, 4) is 0 Å². The highest BCUT2D eigenvalue weighted by Gasteiger charge is 2.11. The van der Waals surface area contributed by atoms with Crippen LogP contribution in [0.25, 0.3) is 0 Å². The Morgan fingerprint density at radius 1 is 1.25 bits per heavy atom. The Morgan fingerprint density at radius 3 is 1.92 bits per heavy atom. The van der Waals surface area contributed by atoms with Gasteiger partial charge < -0.3 is 5.73 Å². The van der Waals surface area contributed by atoms with Crippen molar-refractivity contribution in [1.82, 2.24) is 0 Å². The van der Waals surface area contributed by atoms with E-state index < -0.39 is 17.7 Å². The van der Waals surface area contributed by atoms with Crippen LogP contribution in [0.2, 0.25) is 0 Å². The van der Waals surface area contributed by atoms with Crippen molar-refractivity contribution in [2.45, 2.75) is 13.0 Å². The Morgan fingerprint density at radius 2 is 1.67 bits per heavy atom. The van der Waals surface area contributed by atoms with Gasteiger partial charge in [-0.05, 0) is 19.1 Å². The molecule has 1 unspecified atom stereocenters. The van der Waals surface area contributed by atoms with Gasteiger partial charge in [0.25, 0.3) is 0 Å². The molecular formula is C8H10ClF2N. The van der Waals surface area contributed by atoms with Crippen LogP contribution in [-0.4, -0.2) is 0 Å². The predicted molar refractivity (Wildman–Crippen MR) is 46.2 cm³/mol. The molecule has 68 valence electrons. The van der Waals surface area contributed by atoms with Crippen LogP contribution in [-0.2, 0) is 0 Å². The number of hydrogen-bond acceptors (Lipinski definition) is 1. The largest absolute Gasteiger partial charge is 0.324 e. The molecule has 12 heavy (non-hydrogen) atoms. The smallest absolute Gasteiger partial charge is 0.130 e. The fourth-order valence-corrected chi connectivity index (χ4v) is 0.946. The quantitative estimate of drug-likeness (QED) is 0.728. The summed E-state index contributed by atoms with van der Waals surface area (Å²) >= 11 is 0. The third-order valence-electron chi connectivity index (χ3n) is 1.46. The van der Waals surface area contributed by atoms with Crippen LogP contribution in [0.4, 0.5) is 8.78 Å². The van der Waals surface area contributed by atoms with Crippen molar-refractivity contribution in [3.63, 3.8) is 0 Å². The van der Waals surface area contributed by atoms with Gasteiger partial charge in [0.15, 0.2) is 0 Å². The summed E-state index contributed by atoms with van der Waals surface area (Å²) in [5.74, 6) is -1.17. The molecule has 0 aromatic heterocycles. The van der Waals surface area contributed by atoms with Gasteiger partial charge in [0.05, 0.1) is 0 Å². The van der Waals surface area contributed by atoms with E-state index in [1.165, 1.54) is 18.2 Å². The molecule has 0 aliphatic rings. The third kappa shape index (κ3) is 2.16. The molecule has 0 spiro atoms. The van der Waals surface area contributed by atoms with Gasteiger partial charge in [-0.15, -0.1) is 12.4 Å². The molecule has 4 heteroatoms. The highest BCUT2D eigenvalue weighted by molar-refractivity contribution is 5.85. The summed E-state index contributed by atoms with van der Waals surface area (Å²) in [6.07, 6.45) is 0. The molecule has 1 aromatic rings. The minimum Gasteiger partial charge on any atom is -0.324 e. The second kappa shape index (κ2) is 4.38. The standard InChI is InChI=1S/C8H9F2N.ClH/c1-5(11)8-6(9)3-2-4-7(8)10;/h2-5H,11H2,1H3;1H. The summed E-state index contributed by atoms with van der Waals surface area (Å²) in [7, 11) is 0. The van der Waals surface area contributed by atoms with E-state index in [4.69, 9.17) is 5.73 Å². The van der Waals surface area contributed by atoms with Crippen LogP contribution in [0.1, 0.15) is 18.5 Å². The fraction of sp³-hybridized carbons (Fsp3) is 0.250. The molecule has 0 fully saturated rings. The number of rotatable bonds is 1. The maximum absolute atomic E-state index is 12.8. The van der Waals surface area contributed by atoms with Gasteiger partial charge in [-0.3, -0.25) is 0 Å². The first-order chi connectivity index (χ1) is 5.13. The van der Waals surface area contributed by atoms with E-state index in [0.717, 1.165) is 0 Å². The molecule has 0 aliphatic heterocycles. The highest BCUT2D eigenvalue weighted by atomic mass is 35.5. The summed E-state index contributed by atoms with van der Waals surface area (Å²) < 4.78 is 25.6. The normalized spacial score (nSPS) is 12.0. The minimum absolute atomic E-state index is 0. The molecule has 0 radical (unpaired) electrons. The Balaban J connectivity index is 0.00000121. The fourth-order valence-electron chi connectivity index (χ4n) is 0.946. The van der Waals surface area contributed by atoms with Gasteiger partial charge >= 0.3 is 0 Å². The second-order valence-corrected chi connectivity index (χ2v) is 2.42. The van der Waals surface area contributed by atoms with Gasteiger partial charge in [-0.2, -0.15) is 0 Å². The lowest BCUT2D eigenvalue weighted by Gasteiger charge is -2.06. The van der Waals surface area contributed by atoms with Crippen molar-refractivity contribution in [3.05, 3.63) is 35.4 Å². The average Bonchev–Trinajstić information content (AvgIpc) is 1.85. The van der Waals surface area contributed by atoms with E-state index in [2.05, 4.69) is 0 Å². The second-order valence-electron chi connectivity index (χ2n) is 2.42. The minimum atomic E-state index is -0.601. The van der Waals surface area contributed by atoms with Crippen molar-refractivity contribution >= 4 is 12.4 Å². The van der Waals surface area contributed by atoms with Crippen LogP contribution in [0, 0.1) is 11.6 Å². The van der Waals surface area contributed by atoms with E-state index in [9.17, 15) is 8.78 Å². The topological polar surface area (TPSA) is 26.0 Å². The molecule has 0 bridgehead atoms.